The molecule has 0 aliphatic rings. The van der Waals surface area contributed by atoms with Crippen LogP contribution in [0.5, 0.6) is 0 Å². The Balaban J connectivity index is 1.69. The number of anilines is 2. The standard InChI is InChI=1S/C28H38N4O2/c1-7-8-15-28(5,6)27(34)30-21-11-9-20(10-12-21)25-31-23-14-13-22(17-24(23)32-25)29-26(33)19(4)16-18(2)3/h9-14,17-19H,7-8,15-16H2,1-6H3,(H,29,33)(H,30,34)(H,31,32). The van der Waals surface area contributed by atoms with Gasteiger partial charge in [-0.15, -0.1) is 0 Å². The number of rotatable bonds is 10. The van der Waals surface area contributed by atoms with Crippen molar-refractivity contribution in [2.45, 2.75) is 67.2 Å². The molecule has 0 fully saturated rings. The number of H-pyrrole nitrogens is 1. The summed E-state index contributed by atoms with van der Waals surface area (Å²) >= 11 is 0. The van der Waals surface area contributed by atoms with E-state index in [1.807, 2.05) is 63.2 Å². The van der Waals surface area contributed by atoms with Gasteiger partial charge in [-0.2, -0.15) is 0 Å². The third kappa shape index (κ3) is 6.46. The number of unbranched alkanes of at least 4 members (excludes halogenated alkanes) is 1. The number of nitrogens with one attached hydrogen (secondary N) is 3. The molecule has 0 spiro atoms. The van der Waals surface area contributed by atoms with Gasteiger partial charge in [-0.3, -0.25) is 9.59 Å². The van der Waals surface area contributed by atoms with Crippen molar-refractivity contribution in [3.63, 3.8) is 0 Å². The molecule has 6 nitrogen and oxygen atoms in total. The molecule has 0 aliphatic carbocycles. The van der Waals surface area contributed by atoms with Crippen LogP contribution in [0, 0.1) is 17.3 Å². The molecule has 3 rings (SSSR count). The van der Waals surface area contributed by atoms with E-state index in [0.29, 0.717) is 5.92 Å². The number of nitrogens with zero attached hydrogens (tertiary/aromatic N) is 1. The molecular formula is C28H38N4O2. The minimum Gasteiger partial charge on any atom is -0.338 e. The number of fused-ring (bicyclic) bond motifs is 1. The van der Waals surface area contributed by atoms with Crippen LogP contribution in [0.2, 0.25) is 0 Å². The molecule has 1 aromatic heterocycles. The maximum Gasteiger partial charge on any atom is 0.230 e. The van der Waals surface area contributed by atoms with Crippen molar-refractivity contribution in [1.29, 1.82) is 0 Å². The Morgan fingerprint density at radius 1 is 1.00 bits per heavy atom. The Kier molecular flexibility index (Phi) is 8.13. The lowest BCUT2D eigenvalue weighted by Gasteiger charge is -2.23. The van der Waals surface area contributed by atoms with Gasteiger partial charge >= 0.3 is 0 Å². The Bertz CT molecular complexity index is 1130. The fourth-order valence-electron chi connectivity index (χ4n) is 4.05. The lowest BCUT2D eigenvalue weighted by molar-refractivity contribution is -0.124. The second kappa shape index (κ2) is 10.9. The summed E-state index contributed by atoms with van der Waals surface area (Å²) in [5, 5.41) is 6.04. The molecule has 0 saturated carbocycles. The van der Waals surface area contributed by atoms with E-state index in [9.17, 15) is 9.59 Å². The van der Waals surface area contributed by atoms with E-state index in [0.717, 1.165) is 59.5 Å². The normalized spacial score (nSPS) is 12.7. The van der Waals surface area contributed by atoms with E-state index in [4.69, 9.17) is 0 Å². The largest absolute Gasteiger partial charge is 0.338 e. The van der Waals surface area contributed by atoms with Crippen molar-refractivity contribution < 1.29 is 9.59 Å². The second-order valence-electron chi connectivity index (χ2n) is 10.4. The Hall–Kier alpha value is -3.15. The number of aromatic nitrogens is 2. The van der Waals surface area contributed by atoms with Crippen LogP contribution in [0.25, 0.3) is 22.4 Å². The van der Waals surface area contributed by atoms with Crippen molar-refractivity contribution in [2.75, 3.05) is 10.6 Å². The molecular weight excluding hydrogens is 424 g/mol. The molecule has 1 heterocycles. The van der Waals surface area contributed by atoms with E-state index in [2.05, 4.69) is 41.4 Å². The third-order valence-electron chi connectivity index (χ3n) is 6.21. The van der Waals surface area contributed by atoms with Gasteiger partial charge in [0.25, 0.3) is 0 Å². The first-order valence-corrected chi connectivity index (χ1v) is 12.3. The number of carbonyl (C=O) groups is 2. The fourth-order valence-corrected chi connectivity index (χ4v) is 4.05. The number of benzene rings is 2. The molecule has 34 heavy (non-hydrogen) atoms. The smallest absolute Gasteiger partial charge is 0.230 e. The Labute approximate surface area is 202 Å². The van der Waals surface area contributed by atoms with Gasteiger partial charge in [-0.05, 0) is 61.2 Å². The first-order chi connectivity index (χ1) is 16.1. The van der Waals surface area contributed by atoms with E-state index in [1.54, 1.807) is 0 Å². The molecule has 3 N–H and O–H groups in total. The first kappa shape index (κ1) is 25.5. The van der Waals surface area contributed by atoms with Gasteiger partial charge in [0.05, 0.1) is 11.0 Å². The fraction of sp³-hybridized carbons (Fsp3) is 0.464. The predicted molar refractivity (Wildman–Crippen MR) is 141 cm³/mol. The summed E-state index contributed by atoms with van der Waals surface area (Å²) in [6.07, 6.45) is 3.84. The maximum absolute atomic E-state index is 12.7. The van der Waals surface area contributed by atoms with Gasteiger partial charge in [0.1, 0.15) is 5.82 Å². The number of amides is 2. The number of aromatic amines is 1. The maximum atomic E-state index is 12.7. The first-order valence-electron chi connectivity index (χ1n) is 12.3. The van der Waals surface area contributed by atoms with Crippen molar-refractivity contribution in [3.8, 4) is 11.4 Å². The summed E-state index contributed by atoms with van der Waals surface area (Å²) in [6.45, 7) is 12.3. The lowest BCUT2D eigenvalue weighted by atomic mass is 9.86. The monoisotopic (exact) mass is 462 g/mol. The summed E-state index contributed by atoms with van der Waals surface area (Å²) in [5.41, 5.74) is 3.75. The Morgan fingerprint density at radius 2 is 1.68 bits per heavy atom. The summed E-state index contributed by atoms with van der Waals surface area (Å²) in [7, 11) is 0. The molecule has 2 aromatic carbocycles. The molecule has 0 radical (unpaired) electrons. The lowest BCUT2D eigenvalue weighted by Crippen LogP contribution is -2.30. The highest BCUT2D eigenvalue weighted by Crippen LogP contribution is 2.27. The molecule has 6 heteroatoms. The van der Waals surface area contributed by atoms with Crippen molar-refractivity contribution in [3.05, 3.63) is 42.5 Å². The SMILES string of the molecule is CCCCC(C)(C)C(=O)Nc1ccc(-c2nc3ccc(NC(=O)C(C)CC(C)C)cc3[nH]2)cc1. The molecule has 2 amide bonds. The van der Waals surface area contributed by atoms with E-state index < -0.39 is 5.41 Å². The van der Waals surface area contributed by atoms with Crippen molar-refractivity contribution in [2.24, 2.45) is 17.3 Å². The predicted octanol–water partition coefficient (Wildman–Crippen LogP) is 7.01. The van der Waals surface area contributed by atoms with Gasteiger partial charge in [0.2, 0.25) is 11.8 Å². The Morgan fingerprint density at radius 3 is 2.32 bits per heavy atom. The molecule has 3 aromatic rings. The summed E-state index contributed by atoms with van der Waals surface area (Å²) < 4.78 is 0. The van der Waals surface area contributed by atoms with Crippen LogP contribution in [-0.2, 0) is 9.59 Å². The number of carbonyl (C=O) groups excluding carboxylic acids is 2. The minimum absolute atomic E-state index is 0.0308. The van der Waals surface area contributed by atoms with Crippen LogP contribution < -0.4 is 10.6 Å². The van der Waals surface area contributed by atoms with Crippen LogP contribution in [0.15, 0.2) is 42.5 Å². The minimum atomic E-state index is -0.396. The quantitative estimate of drug-likeness (QED) is 0.303. The topological polar surface area (TPSA) is 86.9 Å². The third-order valence-corrected chi connectivity index (χ3v) is 6.21. The van der Waals surface area contributed by atoms with Crippen LogP contribution in [0.1, 0.15) is 67.2 Å². The highest BCUT2D eigenvalue weighted by atomic mass is 16.2. The van der Waals surface area contributed by atoms with Crippen LogP contribution in [0.4, 0.5) is 11.4 Å². The highest BCUT2D eigenvalue weighted by molar-refractivity contribution is 5.95. The molecule has 0 bridgehead atoms. The summed E-state index contributed by atoms with van der Waals surface area (Å²) in [6, 6.07) is 13.4. The average molecular weight is 463 g/mol. The van der Waals surface area contributed by atoms with Crippen LogP contribution >= 0.6 is 0 Å². The zero-order valence-electron chi connectivity index (χ0n) is 21.3. The molecule has 0 aliphatic heterocycles. The molecule has 1 atom stereocenters. The molecule has 182 valence electrons. The summed E-state index contributed by atoms with van der Waals surface area (Å²) in [5.74, 6) is 1.25. The van der Waals surface area contributed by atoms with Gasteiger partial charge in [0.15, 0.2) is 0 Å². The van der Waals surface area contributed by atoms with Crippen molar-refractivity contribution in [1.82, 2.24) is 9.97 Å². The summed E-state index contributed by atoms with van der Waals surface area (Å²) in [4.78, 5) is 33.2. The van der Waals surface area contributed by atoms with Crippen LogP contribution in [-0.4, -0.2) is 21.8 Å². The molecule has 1 unspecified atom stereocenters. The number of hydrogen-bond acceptors (Lipinski definition) is 3. The van der Waals surface area contributed by atoms with Gasteiger partial charge in [0, 0.05) is 28.3 Å². The highest BCUT2D eigenvalue weighted by Gasteiger charge is 2.26. The van der Waals surface area contributed by atoms with E-state index >= 15 is 0 Å². The van der Waals surface area contributed by atoms with Gasteiger partial charge in [-0.1, -0.05) is 54.4 Å². The van der Waals surface area contributed by atoms with E-state index in [1.165, 1.54) is 0 Å². The molecule has 0 saturated heterocycles. The second-order valence-corrected chi connectivity index (χ2v) is 10.4. The van der Waals surface area contributed by atoms with E-state index in [-0.39, 0.29) is 17.7 Å². The van der Waals surface area contributed by atoms with Gasteiger partial charge in [-0.25, -0.2) is 4.98 Å². The average Bonchev–Trinajstić information content (AvgIpc) is 3.21. The zero-order valence-corrected chi connectivity index (χ0v) is 21.3. The number of imidazole rings is 1. The number of hydrogen-bond donors (Lipinski definition) is 3. The van der Waals surface area contributed by atoms with Crippen molar-refractivity contribution >= 4 is 34.2 Å². The van der Waals surface area contributed by atoms with Crippen LogP contribution in [0.3, 0.4) is 0 Å². The zero-order chi connectivity index (χ0) is 24.9. The van der Waals surface area contributed by atoms with Gasteiger partial charge < -0.3 is 15.6 Å².